The maximum atomic E-state index is 12.7. The molecule has 2 rings (SSSR count). The minimum Gasteiger partial charge on any atom is -0.492 e. The molecule has 2 aromatic rings. The van der Waals surface area contributed by atoms with E-state index < -0.39 is 0 Å². The van der Waals surface area contributed by atoms with Crippen molar-refractivity contribution in [3.05, 3.63) is 70.3 Å². The lowest BCUT2D eigenvalue weighted by atomic mass is 9.97. The molecule has 0 amide bonds. The number of benzene rings is 2. The molecule has 0 saturated heterocycles. The van der Waals surface area contributed by atoms with Crippen LogP contribution in [0.4, 0.5) is 0 Å². The van der Waals surface area contributed by atoms with Gasteiger partial charge in [-0.15, -0.1) is 0 Å². The molecule has 0 aliphatic rings. The van der Waals surface area contributed by atoms with E-state index in [2.05, 4.69) is 18.7 Å². The fourth-order valence-electron chi connectivity index (χ4n) is 3.25. The van der Waals surface area contributed by atoms with Crippen LogP contribution in [0.25, 0.3) is 6.08 Å². The van der Waals surface area contributed by atoms with E-state index in [1.165, 1.54) is 0 Å². The molecular formula is C24H31NO2. The molecule has 0 unspecified atom stereocenters. The van der Waals surface area contributed by atoms with Crippen LogP contribution in [0, 0.1) is 20.8 Å². The minimum atomic E-state index is 0.0305. The van der Waals surface area contributed by atoms with Crippen LogP contribution >= 0.6 is 0 Å². The molecule has 0 saturated carbocycles. The van der Waals surface area contributed by atoms with E-state index in [0.29, 0.717) is 6.61 Å². The zero-order valence-electron chi connectivity index (χ0n) is 17.2. The first-order valence-corrected chi connectivity index (χ1v) is 9.70. The highest BCUT2D eigenvalue weighted by atomic mass is 16.5. The summed E-state index contributed by atoms with van der Waals surface area (Å²) in [6, 6.07) is 12.0. The quantitative estimate of drug-likeness (QED) is 0.450. The van der Waals surface area contributed by atoms with Gasteiger partial charge in [-0.2, -0.15) is 0 Å². The van der Waals surface area contributed by atoms with Gasteiger partial charge in [-0.1, -0.05) is 44.2 Å². The summed E-state index contributed by atoms with van der Waals surface area (Å²) in [5.41, 5.74) is 4.89. The van der Waals surface area contributed by atoms with Gasteiger partial charge in [0.05, 0.1) is 0 Å². The van der Waals surface area contributed by atoms with Crippen LogP contribution in [0.5, 0.6) is 5.75 Å². The zero-order valence-corrected chi connectivity index (χ0v) is 17.2. The monoisotopic (exact) mass is 365 g/mol. The van der Waals surface area contributed by atoms with Crippen LogP contribution in [-0.4, -0.2) is 36.9 Å². The highest BCUT2D eigenvalue weighted by Gasteiger charge is 2.12. The summed E-state index contributed by atoms with van der Waals surface area (Å²) >= 11 is 0. The molecule has 0 aromatic heterocycles. The van der Waals surface area contributed by atoms with Crippen molar-refractivity contribution >= 4 is 11.9 Å². The third-order valence-corrected chi connectivity index (χ3v) is 4.93. The van der Waals surface area contributed by atoms with Crippen molar-refractivity contribution in [2.24, 2.45) is 0 Å². The molecule has 0 heterocycles. The minimum absolute atomic E-state index is 0.0305. The average Bonchev–Trinajstić information content (AvgIpc) is 2.64. The van der Waals surface area contributed by atoms with Gasteiger partial charge in [0, 0.05) is 12.1 Å². The Bertz CT molecular complexity index is 781. The number of nitrogens with zero attached hydrogens (tertiary/aromatic N) is 1. The summed E-state index contributed by atoms with van der Waals surface area (Å²) in [6.45, 7) is 13.9. The smallest absolute Gasteiger partial charge is 0.186 e. The molecule has 0 spiro atoms. The second-order valence-corrected chi connectivity index (χ2v) is 6.86. The third kappa shape index (κ3) is 5.80. The Hall–Kier alpha value is -2.39. The van der Waals surface area contributed by atoms with Crippen molar-refractivity contribution < 1.29 is 9.53 Å². The number of allylic oxidation sites excluding steroid dienone is 1. The number of hydrogen-bond donors (Lipinski definition) is 0. The Kier molecular flexibility index (Phi) is 7.81. The molecule has 0 N–H and O–H groups in total. The Morgan fingerprint density at radius 1 is 1.00 bits per heavy atom. The van der Waals surface area contributed by atoms with Gasteiger partial charge in [0.25, 0.3) is 0 Å². The molecule has 144 valence electrons. The van der Waals surface area contributed by atoms with Crippen molar-refractivity contribution in [2.75, 3.05) is 26.2 Å². The van der Waals surface area contributed by atoms with Gasteiger partial charge in [0.15, 0.2) is 5.78 Å². The summed E-state index contributed by atoms with van der Waals surface area (Å²) in [7, 11) is 0. The van der Waals surface area contributed by atoms with Crippen LogP contribution < -0.4 is 4.74 Å². The number of aryl methyl sites for hydroxylation is 3. The van der Waals surface area contributed by atoms with E-state index in [1.54, 1.807) is 6.08 Å². The number of hydrogen-bond acceptors (Lipinski definition) is 3. The fourth-order valence-corrected chi connectivity index (χ4v) is 3.25. The van der Waals surface area contributed by atoms with Crippen LogP contribution in [0.15, 0.2) is 42.5 Å². The van der Waals surface area contributed by atoms with Crippen LogP contribution in [0.3, 0.4) is 0 Å². The Balaban J connectivity index is 2.09. The van der Waals surface area contributed by atoms with Crippen molar-refractivity contribution in [1.29, 1.82) is 0 Å². The van der Waals surface area contributed by atoms with Gasteiger partial charge in [0.1, 0.15) is 12.4 Å². The fraction of sp³-hybridized carbons (Fsp3) is 0.375. The second kappa shape index (κ2) is 10.1. The first kappa shape index (κ1) is 20.9. The first-order valence-electron chi connectivity index (χ1n) is 9.70. The second-order valence-electron chi connectivity index (χ2n) is 6.86. The summed E-state index contributed by atoms with van der Waals surface area (Å²) in [6.07, 6.45) is 3.56. The van der Waals surface area contributed by atoms with Crippen molar-refractivity contribution in [2.45, 2.75) is 34.6 Å². The number of ether oxygens (including phenoxy) is 1. The summed E-state index contributed by atoms with van der Waals surface area (Å²) in [5.74, 6) is 0.861. The highest BCUT2D eigenvalue weighted by molar-refractivity contribution is 6.08. The van der Waals surface area contributed by atoms with E-state index in [9.17, 15) is 4.79 Å². The molecular weight excluding hydrogens is 334 g/mol. The summed E-state index contributed by atoms with van der Waals surface area (Å²) < 4.78 is 5.91. The van der Waals surface area contributed by atoms with Gasteiger partial charge >= 0.3 is 0 Å². The molecule has 0 aliphatic heterocycles. The van der Waals surface area contributed by atoms with Crippen LogP contribution in [0.1, 0.15) is 46.5 Å². The van der Waals surface area contributed by atoms with Gasteiger partial charge in [-0.3, -0.25) is 4.79 Å². The van der Waals surface area contributed by atoms with Crippen molar-refractivity contribution in [1.82, 2.24) is 4.90 Å². The Morgan fingerprint density at radius 2 is 1.63 bits per heavy atom. The predicted octanol–water partition coefficient (Wildman–Crippen LogP) is 5.23. The topological polar surface area (TPSA) is 29.5 Å². The maximum Gasteiger partial charge on any atom is 0.186 e. The number of carbonyl (C=O) groups excluding carboxylic acids is 1. The summed E-state index contributed by atoms with van der Waals surface area (Å²) in [5, 5.41) is 0. The normalized spacial score (nSPS) is 11.3. The molecule has 3 nitrogen and oxygen atoms in total. The molecule has 0 aliphatic carbocycles. The SMILES string of the molecule is CCN(CC)CCOc1cc(C)c(C(=O)/C=C/c2ccccc2C)c(C)c1. The summed E-state index contributed by atoms with van der Waals surface area (Å²) in [4.78, 5) is 15.1. The van der Waals surface area contributed by atoms with Gasteiger partial charge in [-0.25, -0.2) is 0 Å². The Labute approximate surface area is 163 Å². The third-order valence-electron chi connectivity index (χ3n) is 4.93. The number of ketones is 1. The predicted molar refractivity (Wildman–Crippen MR) is 114 cm³/mol. The van der Waals surface area contributed by atoms with E-state index in [1.807, 2.05) is 63.2 Å². The molecule has 2 aromatic carbocycles. The van der Waals surface area contributed by atoms with Crippen molar-refractivity contribution in [3.8, 4) is 5.75 Å². The molecule has 3 heteroatoms. The van der Waals surface area contributed by atoms with E-state index in [4.69, 9.17) is 4.74 Å². The number of rotatable bonds is 9. The van der Waals surface area contributed by atoms with Crippen LogP contribution in [0.2, 0.25) is 0 Å². The van der Waals surface area contributed by atoms with E-state index in [0.717, 1.165) is 53.2 Å². The van der Waals surface area contributed by atoms with Gasteiger partial charge in [-0.05, 0) is 74.3 Å². The lowest BCUT2D eigenvalue weighted by molar-refractivity contribution is 0.104. The molecule has 0 atom stereocenters. The molecule has 0 bridgehead atoms. The number of carbonyl (C=O) groups is 1. The van der Waals surface area contributed by atoms with Crippen LogP contribution in [-0.2, 0) is 0 Å². The molecule has 27 heavy (non-hydrogen) atoms. The zero-order chi connectivity index (χ0) is 19.8. The van der Waals surface area contributed by atoms with Crippen molar-refractivity contribution in [3.63, 3.8) is 0 Å². The standard InChI is InChI=1S/C24H31NO2/c1-6-25(7-2)14-15-27-22-16-19(4)24(20(5)17-22)23(26)13-12-21-11-9-8-10-18(21)3/h8-13,16-17H,6-7,14-15H2,1-5H3/b13-12+. The maximum absolute atomic E-state index is 12.7. The van der Waals surface area contributed by atoms with E-state index in [-0.39, 0.29) is 5.78 Å². The van der Waals surface area contributed by atoms with Gasteiger partial charge < -0.3 is 9.64 Å². The molecule has 0 radical (unpaired) electrons. The Morgan fingerprint density at radius 3 is 2.22 bits per heavy atom. The lowest BCUT2D eigenvalue weighted by Crippen LogP contribution is -2.27. The largest absolute Gasteiger partial charge is 0.492 e. The highest BCUT2D eigenvalue weighted by Crippen LogP contribution is 2.23. The van der Waals surface area contributed by atoms with E-state index >= 15 is 0 Å². The number of likely N-dealkylation sites (N-methyl/N-ethyl adjacent to an activating group) is 1. The van der Waals surface area contributed by atoms with Gasteiger partial charge in [0.2, 0.25) is 0 Å². The average molecular weight is 366 g/mol. The first-order chi connectivity index (χ1) is 13.0. The lowest BCUT2D eigenvalue weighted by Gasteiger charge is -2.18. The molecule has 0 fully saturated rings.